The quantitative estimate of drug-likeness (QED) is 0.674. The Hall–Kier alpha value is -0.610. The van der Waals surface area contributed by atoms with Gasteiger partial charge in [-0.3, -0.25) is 9.69 Å². The van der Waals surface area contributed by atoms with Gasteiger partial charge in [-0.2, -0.15) is 0 Å². The molecule has 0 amide bonds. The van der Waals surface area contributed by atoms with Gasteiger partial charge in [0.15, 0.2) is 0 Å². The maximum Gasteiger partial charge on any atom is 0.305 e. The summed E-state index contributed by atoms with van der Waals surface area (Å²) in [6.45, 7) is 6.84. The third-order valence-electron chi connectivity index (χ3n) is 2.84. The molecule has 2 N–H and O–H groups in total. The lowest BCUT2D eigenvalue weighted by atomic mass is 9.86. The Bertz CT molecular complexity index is 212. The number of hydrogen-bond donors (Lipinski definition) is 2. The fourth-order valence-corrected chi connectivity index (χ4v) is 1.97. The number of carbonyl (C=O) groups is 1. The first-order chi connectivity index (χ1) is 6.46. The van der Waals surface area contributed by atoms with Crippen LogP contribution in [0.3, 0.4) is 0 Å². The van der Waals surface area contributed by atoms with E-state index in [-0.39, 0.29) is 12.0 Å². The van der Waals surface area contributed by atoms with Gasteiger partial charge in [0.25, 0.3) is 0 Å². The first-order valence-corrected chi connectivity index (χ1v) is 5.10. The van der Waals surface area contributed by atoms with Gasteiger partial charge in [-0.15, -0.1) is 0 Å². The summed E-state index contributed by atoms with van der Waals surface area (Å²) in [5.74, 6) is -0.131. The van der Waals surface area contributed by atoms with E-state index >= 15 is 0 Å². The fraction of sp³-hybridized carbons (Fsp3) is 0.900. The zero-order valence-electron chi connectivity index (χ0n) is 9.21. The molecule has 0 atom stereocenters. The van der Waals surface area contributed by atoms with E-state index in [1.165, 1.54) is 0 Å². The van der Waals surface area contributed by atoms with Crippen molar-refractivity contribution in [2.24, 2.45) is 5.92 Å². The molecule has 0 bridgehead atoms. The van der Waals surface area contributed by atoms with E-state index in [1.54, 1.807) is 0 Å². The largest absolute Gasteiger partial charge is 0.481 e. The average Bonchev–Trinajstić information content (AvgIpc) is 1.94. The number of nitrogens with zero attached hydrogens (tertiary/aromatic N) is 1. The molecule has 14 heavy (non-hydrogen) atoms. The van der Waals surface area contributed by atoms with Crippen LogP contribution in [0.15, 0.2) is 0 Å². The second kappa shape index (κ2) is 4.28. The summed E-state index contributed by atoms with van der Waals surface area (Å²) < 4.78 is 0. The molecule has 0 aromatic rings. The number of nitrogens with one attached hydrogen (secondary N) is 1. The van der Waals surface area contributed by atoms with E-state index in [1.807, 2.05) is 7.05 Å². The highest BCUT2D eigenvalue weighted by molar-refractivity contribution is 5.68. The summed E-state index contributed by atoms with van der Waals surface area (Å²) in [7, 11) is 2.02. The first kappa shape index (κ1) is 11.5. The van der Waals surface area contributed by atoms with Gasteiger partial charge in [-0.05, 0) is 13.0 Å². The van der Waals surface area contributed by atoms with Crippen molar-refractivity contribution in [1.82, 2.24) is 10.2 Å². The zero-order valence-corrected chi connectivity index (χ0v) is 9.21. The van der Waals surface area contributed by atoms with Gasteiger partial charge in [0, 0.05) is 19.6 Å². The molecule has 0 radical (unpaired) electrons. The molecule has 4 nitrogen and oxygen atoms in total. The Morgan fingerprint density at radius 2 is 2.14 bits per heavy atom. The highest BCUT2D eigenvalue weighted by Crippen LogP contribution is 2.24. The Kier molecular flexibility index (Phi) is 3.50. The fourth-order valence-electron chi connectivity index (χ4n) is 1.97. The number of carboxylic acids is 1. The Labute approximate surface area is 85.3 Å². The topological polar surface area (TPSA) is 52.6 Å². The molecule has 1 aliphatic heterocycles. The average molecular weight is 200 g/mol. The van der Waals surface area contributed by atoms with Crippen molar-refractivity contribution in [3.63, 3.8) is 0 Å². The highest BCUT2D eigenvalue weighted by Gasteiger charge is 2.42. The van der Waals surface area contributed by atoms with E-state index in [4.69, 9.17) is 5.11 Å². The summed E-state index contributed by atoms with van der Waals surface area (Å²) >= 11 is 0. The molecule has 0 saturated carbocycles. The molecule has 0 spiro atoms. The summed E-state index contributed by atoms with van der Waals surface area (Å²) in [5.41, 5.74) is -0.143. The molecule has 0 aromatic carbocycles. The minimum absolute atomic E-state index is 0.143. The summed E-state index contributed by atoms with van der Waals surface area (Å²) in [6, 6.07) is 0. The van der Waals surface area contributed by atoms with Crippen LogP contribution in [0.4, 0.5) is 0 Å². The van der Waals surface area contributed by atoms with E-state index in [2.05, 4.69) is 24.1 Å². The lowest BCUT2D eigenvalue weighted by Crippen LogP contribution is -2.69. The van der Waals surface area contributed by atoms with Crippen molar-refractivity contribution < 1.29 is 9.90 Å². The van der Waals surface area contributed by atoms with Gasteiger partial charge < -0.3 is 10.4 Å². The van der Waals surface area contributed by atoms with Crippen LogP contribution in [0.5, 0.6) is 0 Å². The molecule has 0 unspecified atom stereocenters. The van der Waals surface area contributed by atoms with Crippen LogP contribution >= 0.6 is 0 Å². The molecule has 0 aromatic heterocycles. The van der Waals surface area contributed by atoms with Crippen LogP contribution < -0.4 is 5.32 Å². The van der Waals surface area contributed by atoms with Crippen molar-refractivity contribution >= 4 is 5.97 Å². The van der Waals surface area contributed by atoms with Crippen molar-refractivity contribution in [3.05, 3.63) is 0 Å². The maximum atomic E-state index is 10.7. The van der Waals surface area contributed by atoms with Crippen molar-refractivity contribution in [2.75, 3.05) is 26.7 Å². The van der Waals surface area contributed by atoms with Gasteiger partial charge in [-0.1, -0.05) is 13.8 Å². The molecular formula is C10H20N2O2. The van der Waals surface area contributed by atoms with Crippen LogP contribution in [-0.4, -0.2) is 48.2 Å². The van der Waals surface area contributed by atoms with Crippen molar-refractivity contribution in [1.29, 1.82) is 0 Å². The lowest BCUT2D eigenvalue weighted by molar-refractivity contribution is -0.141. The third-order valence-corrected chi connectivity index (χ3v) is 2.84. The molecule has 1 aliphatic rings. The zero-order chi connectivity index (χ0) is 10.8. The Morgan fingerprint density at radius 1 is 1.57 bits per heavy atom. The van der Waals surface area contributed by atoms with Crippen LogP contribution in [-0.2, 0) is 4.79 Å². The van der Waals surface area contributed by atoms with E-state index in [0.717, 1.165) is 19.6 Å². The van der Waals surface area contributed by atoms with Crippen LogP contribution in [0.1, 0.15) is 20.3 Å². The van der Waals surface area contributed by atoms with Crippen molar-refractivity contribution in [3.8, 4) is 0 Å². The summed E-state index contributed by atoms with van der Waals surface area (Å²) in [4.78, 5) is 12.9. The molecule has 1 saturated heterocycles. The Morgan fingerprint density at radius 3 is 2.43 bits per heavy atom. The smallest absolute Gasteiger partial charge is 0.305 e. The lowest BCUT2D eigenvalue weighted by Gasteiger charge is -2.49. The van der Waals surface area contributed by atoms with Gasteiger partial charge in [0.05, 0.1) is 12.0 Å². The standard InChI is InChI=1S/C10H20N2O2/c1-8(2)5-12(3)10(4-9(13)14)6-11-7-10/h8,11H,4-7H2,1-3H3,(H,13,14). The predicted molar refractivity (Wildman–Crippen MR) is 55.3 cm³/mol. The Balaban J connectivity index is 2.55. The number of hydrogen-bond acceptors (Lipinski definition) is 3. The number of aliphatic carboxylic acids is 1. The number of rotatable bonds is 5. The normalized spacial score (nSPS) is 19.8. The molecule has 0 aliphatic carbocycles. The monoisotopic (exact) mass is 200 g/mol. The van der Waals surface area contributed by atoms with Crippen LogP contribution in [0, 0.1) is 5.92 Å². The second-order valence-corrected chi connectivity index (χ2v) is 4.67. The third kappa shape index (κ3) is 2.45. The minimum Gasteiger partial charge on any atom is -0.481 e. The number of likely N-dealkylation sites (N-methyl/N-ethyl adjacent to an activating group) is 1. The molecule has 1 heterocycles. The SMILES string of the molecule is CC(C)CN(C)C1(CC(=O)O)CNC1. The van der Waals surface area contributed by atoms with E-state index in [0.29, 0.717) is 5.92 Å². The van der Waals surface area contributed by atoms with E-state index in [9.17, 15) is 4.79 Å². The van der Waals surface area contributed by atoms with Crippen molar-refractivity contribution in [2.45, 2.75) is 25.8 Å². The minimum atomic E-state index is -0.706. The predicted octanol–water partition coefficient (Wildman–Crippen LogP) is 0.391. The molecule has 4 heteroatoms. The highest BCUT2D eigenvalue weighted by atomic mass is 16.4. The second-order valence-electron chi connectivity index (χ2n) is 4.67. The maximum absolute atomic E-state index is 10.7. The van der Waals surface area contributed by atoms with Crippen LogP contribution in [0.25, 0.3) is 0 Å². The molecule has 1 rings (SSSR count). The molecular weight excluding hydrogens is 180 g/mol. The summed E-state index contributed by atoms with van der Waals surface area (Å²) in [5, 5.41) is 12.0. The molecule has 82 valence electrons. The summed E-state index contributed by atoms with van der Waals surface area (Å²) in [6.07, 6.45) is 0.239. The van der Waals surface area contributed by atoms with Gasteiger partial charge in [-0.25, -0.2) is 0 Å². The van der Waals surface area contributed by atoms with Gasteiger partial charge >= 0.3 is 5.97 Å². The molecule has 1 fully saturated rings. The number of carboxylic acid groups (broad SMARTS) is 1. The van der Waals surface area contributed by atoms with Gasteiger partial charge in [0.2, 0.25) is 0 Å². The van der Waals surface area contributed by atoms with E-state index < -0.39 is 5.97 Å². The van der Waals surface area contributed by atoms with Gasteiger partial charge in [0.1, 0.15) is 0 Å². The van der Waals surface area contributed by atoms with Crippen LogP contribution in [0.2, 0.25) is 0 Å². The first-order valence-electron chi connectivity index (χ1n) is 5.10.